The number of hydrazine groups is 1. The maximum absolute atomic E-state index is 15.3. The summed E-state index contributed by atoms with van der Waals surface area (Å²) in [6.07, 6.45) is 2.24. The van der Waals surface area contributed by atoms with Gasteiger partial charge >= 0.3 is 0 Å². The molecule has 4 aromatic carbocycles. The van der Waals surface area contributed by atoms with Gasteiger partial charge in [0.25, 0.3) is 11.8 Å². The van der Waals surface area contributed by atoms with Crippen LogP contribution in [0.5, 0.6) is 17.2 Å². The molecule has 12 heteroatoms. The molecule has 2 N–H and O–H groups in total. The largest absolute Gasteiger partial charge is 0.502 e. The number of amides is 4. The van der Waals surface area contributed by atoms with Crippen LogP contribution in [0.25, 0.3) is 0 Å². The van der Waals surface area contributed by atoms with E-state index >= 15 is 4.79 Å². The lowest BCUT2D eigenvalue weighted by atomic mass is 9.49. The Kier molecular flexibility index (Phi) is 8.06. The maximum atomic E-state index is 15.3. The molecule has 2 saturated heterocycles. The summed E-state index contributed by atoms with van der Waals surface area (Å²) in [6, 6.07) is 24.0. The molecular formula is C40H33ClFN3O7. The first kappa shape index (κ1) is 33.5. The first-order valence-electron chi connectivity index (χ1n) is 16.8. The summed E-state index contributed by atoms with van der Waals surface area (Å²) in [6.45, 7) is 0. The Morgan fingerprint density at radius 2 is 1.50 bits per heavy atom. The second-order valence-electron chi connectivity index (χ2n) is 13.5. The zero-order chi connectivity index (χ0) is 36.5. The van der Waals surface area contributed by atoms with E-state index < -0.39 is 52.6 Å². The average molecular weight is 722 g/mol. The number of hydrogen-bond acceptors (Lipinski definition) is 8. The number of fused-ring (bicyclic) bond motifs is 4. The number of nitrogens with one attached hydrogen (secondary N) is 1. The van der Waals surface area contributed by atoms with E-state index in [1.54, 1.807) is 66.7 Å². The SMILES string of the molecule is COc1cc(C2C3=CCC4C(=O)N(c5ccccc5)C(=O)C4C3CC3C(=O)N(Nc4ccc(F)cc4)C(=O)C32c2ccc(Cl)cc2)cc(OC)c1O. The van der Waals surface area contributed by atoms with Crippen LogP contribution in [-0.2, 0) is 24.6 Å². The first-order chi connectivity index (χ1) is 25.1. The zero-order valence-corrected chi connectivity index (χ0v) is 28.8. The second-order valence-corrected chi connectivity index (χ2v) is 13.9. The molecule has 0 aromatic heterocycles. The Hall–Kier alpha value is -5.68. The lowest BCUT2D eigenvalue weighted by molar-refractivity contribution is -0.138. The van der Waals surface area contributed by atoms with Crippen molar-refractivity contribution in [2.75, 3.05) is 24.5 Å². The highest BCUT2D eigenvalue weighted by molar-refractivity contribution is 6.30. The van der Waals surface area contributed by atoms with Gasteiger partial charge in [-0.25, -0.2) is 4.39 Å². The van der Waals surface area contributed by atoms with Gasteiger partial charge in [0.2, 0.25) is 17.6 Å². The third kappa shape index (κ3) is 4.82. The Labute approximate surface area is 303 Å². The first-order valence-corrected chi connectivity index (χ1v) is 17.2. The van der Waals surface area contributed by atoms with E-state index in [4.69, 9.17) is 21.1 Å². The van der Waals surface area contributed by atoms with Crippen molar-refractivity contribution in [1.29, 1.82) is 0 Å². The molecule has 8 rings (SSSR count). The molecule has 2 aliphatic heterocycles. The zero-order valence-electron chi connectivity index (χ0n) is 28.1. The number of rotatable bonds is 7. The predicted octanol–water partition coefficient (Wildman–Crippen LogP) is 6.39. The quantitative estimate of drug-likeness (QED) is 0.166. The van der Waals surface area contributed by atoms with Gasteiger partial charge in [-0.15, -0.1) is 0 Å². The molecule has 1 saturated carbocycles. The number of imide groups is 2. The third-order valence-electron chi connectivity index (χ3n) is 11.1. The number of ether oxygens (including phenoxy) is 2. The molecule has 0 bridgehead atoms. The number of hydrogen-bond donors (Lipinski definition) is 2. The smallest absolute Gasteiger partial charge is 0.260 e. The number of carbonyl (C=O) groups is 4. The molecule has 52 heavy (non-hydrogen) atoms. The number of halogens is 2. The van der Waals surface area contributed by atoms with Crippen molar-refractivity contribution in [2.24, 2.45) is 23.7 Å². The number of para-hydroxylation sites is 1. The fraction of sp³-hybridized carbons (Fsp3) is 0.250. The van der Waals surface area contributed by atoms with E-state index in [1.807, 2.05) is 6.08 Å². The third-order valence-corrected chi connectivity index (χ3v) is 11.4. The van der Waals surface area contributed by atoms with Gasteiger partial charge in [-0.05, 0) is 90.6 Å². The summed E-state index contributed by atoms with van der Waals surface area (Å²) >= 11 is 6.37. The number of methoxy groups -OCH3 is 2. The van der Waals surface area contributed by atoms with Crippen LogP contribution < -0.4 is 19.8 Å². The van der Waals surface area contributed by atoms with E-state index in [2.05, 4.69) is 5.43 Å². The molecule has 10 nitrogen and oxygen atoms in total. The number of allylic oxidation sites excluding steroid dienone is 2. The maximum Gasteiger partial charge on any atom is 0.260 e. The number of aromatic hydroxyl groups is 1. The molecule has 6 unspecified atom stereocenters. The van der Waals surface area contributed by atoms with Gasteiger partial charge in [0, 0.05) is 10.9 Å². The number of phenols is 1. The molecule has 264 valence electrons. The predicted molar refractivity (Wildman–Crippen MR) is 189 cm³/mol. The van der Waals surface area contributed by atoms with Crippen molar-refractivity contribution < 1.29 is 38.1 Å². The van der Waals surface area contributed by atoms with Crippen LogP contribution in [0.15, 0.2) is 103 Å². The highest BCUT2D eigenvalue weighted by Gasteiger charge is 2.70. The Morgan fingerprint density at radius 1 is 0.846 bits per heavy atom. The normalized spacial score (nSPS) is 26.5. The van der Waals surface area contributed by atoms with Gasteiger partial charge in [-0.1, -0.05) is 53.6 Å². The minimum atomic E-state index is -1.61. The van der Waals surface area contributed by atoms with Crippen LogP contribution >= 0.6 is 11.6 Å². The summed E-state index contributed by atoms with van der Waals surface area (Å²) in [5, 5.41) is 12.3. The number of carbonyl (C=O) groups excluding carboxylic acids is 4. The van der Waals surface area contributed by atoms with Gasteiger partial charge in [-0.3, -0.25) is 29.5 Å². The molecule has 2 heterocycles. The standard InChI is InChI=1S/C40H33ClFN3O7/c1-51-31-18-21(19-32(52-2)35(31)46)34-27-16-17-28-33(38(49)44(36(28)47)26-6-4-3-5-7-26)29(27)20-30-37(48)45(43-25-14-12-24(42)13-15-25)39(50)40(30,34)22-8-10-23(41)11-9-22/h3-16,18-19,28-30,33-34,43,46H,17,20H2,1-2H3. The number of anilines is 2. The van der Waals surface area contributed by atoms with Crippen molar-refractivity contribution in [3.05, 3.63) is 125 Å². The lowest BCUT2D eigenvalue weighted by Crippen LogP contribution is -2.53. The molecule has 3 fully saturated rings. The van der Waals surface area contributed by atoms with E-state index in [1.165, 1.54) is 43.4 Å². The minimum Gasteiger partial charge on any atom is -0.502 e. The van der Waals surface area contributed by atoms with Crippen LogP contribution in [0.4, 0.5) is 15.8 Å². The van der Waals surface area contributed by atoms with E-state index in [0.29, 0.717) is 33.1 Å². The average Bonchev–Trinajstić information content (AvgIpc) is 3.54. The minimum absolute atomic E-state index is 0.0757. The monoisotopic (exact) mass is 721 g/mol. The van der Waals surface area contributed by atoms with E-state index in [0.717, 1.165) is 5.01 Å². The number of phenolic OH excluding ortho intramolecular Hbond substituents is 1. The Balaban J connectivity index is 1.36. The van der Waals surface area contributed by atoms with Gasteiger partial charge in [0.15, 0.2) is 11.5 Å². The summed E-state index contributed by atoms with van der Waals surface area (Å²) < 4.78 is 25.0. The van der Waals surface area contributed by atoms with E-state index in [9.17, 15) is 23.9 Å². The van der Waals surface area contributed by atoms with Crippen molar-refractivity contribution in [2.45, 2.75) is 24.2 Å². The van der Waals surface area contributed by atoms with Crippen molar-refractivity contribution in [3.8, 4) is 17.2 Å². The van der Waals surface area contributed by atoms with Crippen LogP contribution in [-0.4, -0.2) is 48.0 Å². The second kappa shape index (κ2) is 12.5. The fourth-order valence-electron chi connectivity index (χ4n) is 8.94. The molecule has 0 radical (unpaired) electrons. The van der Waals surface area contributed by atoms with E-state index in [-0.39, 0.29) is 41.9 Å². The van der Waals surface area contributed by atoms with Crippen molar-refractivity contribution >= 4 is 46.6 Å². The highest BCUT2D eigenvalue weighted by Crippen LogP contribution is 2.65. The van der Waals surface area contributed by atoms with Gasteiger partial charge in [-0.2, -0.15) is 5.01 Å². The van der Waals surface area contributed by atoms with Crippen LogP contribution in [0.1, 0.15) is 29.9 Å². The van der Waals surface area contributed by atoms with Gasteiger partial charge in [0.1, 0.15) is 5.82 Å². The summed E-state index contributed by atoms with van der Waals surface area (Å²) in [4.78, 5) is 59.8. The summed E-state index contributed by atoms with van der Waals surface area (Å²) in [5.41, 5.74) is 3.80. The molecule has 6 atom stereocenters. The van der Waals surface area contributed by atoms with Gasteiger partial charge < -0.3 is 14.6 Å². The summed E-state index contributed by atoms with van der Waals surface area (Å²) in [5.74, 6) is -6.44. The molecule has 0 spiro atoms. The molecule has 4 aliphatic rings. The van der Waals surface area contributed by atoms with Crippen LogP contribution in [0, 0.1) is 29.5 Å². The Morgan fingerprint density at radius 3 is 2.13 bits per heavy atom. The number of nitrogens with zero attached hydrogens (tertiary/aromatic N) is 2. The Bertz CT molecular complexity index is 2140. The molecular weight excluding hydrogens is 689 g/mol. The lowest BCUT2D eigenvalue weighted by Gasteiger charge is -2.50. The topological polar surface area (TPSA) is 125 Å². The highest BCUT2D eigenvalue weighted by atomic mass is 35.5. The molecule has 4 aromatic rings. The van der Waals surface area contributed by atoms with Gasteiger partial charge in [0.05, 0.1) is 48.8 Å². The summed E-state index contributed by atoms with van der Waals surface area (Å²) in [7, 11) is 2.79. The van der Waals surface area contributed by atoms with Crippen molar-refractivity contribution in [1.82, 2.24) is 5.01 Å². The molecule has 4 amide bonds. The van der Waals surface area contributed by atoms with Crippen LogP contribution in [0.3, 0.4) is 0 Å². The number of benzene rings is 4. The molecule has 2 aliphatic carbocycles. The fourth-order valence-corrected chi connectivity index (χ4v) is 9.07. The van der Waals surface area contributed by atoms with Crippen molar-refractivity contribution in [3.63, 3.8) is 0 Å². The van der Waals surface area contributed by atoms with Crippen LogP contribution in [0.2, 0.25) is 5.02 Å².